The van der Waals surface area contributed by atoms with Gasteiger partial charge in [0.1, 0.15) is 24.6 Å². The van der Waals surface area contributed by atoms with Crippen molar-refractivity contribution in [2.75, 3.05) is 18.5 Å². The van der Waals surface area contributed by atoms with E-state index in [0.717, 1.165) is 18.4 Å². The number of rotatable bonds is 9. The van der Waals surface area contributed by atoms with E-state index in [1.165, 1.54) is 12.7 Å². The van der Waals surface area contributed by atoms with Gasteiger partial charge in [0.25, 0.3) is 7.82 Å². The third kappa shape index (κ3) is 5.65. The van der Waals surface area contributed by atoms with E-state index in [1.807, 2.05) is 37.3 Å². The van der Waals surface area contributed by atoms with E-state index < -0.39 is 51.3 Å². The number of phosphoric ester groups is 1. The van der Waals surface area contributed by atoms with Crippen LogP contribution in [0.1, 0.15) is 37.8 Å². The number of fused-ring (bicyclic) bond motifs is 2. The molecule has 4 heterocycles. The highest BCUT2D eigenvalue weighted by Crippen LogP contribution is 2.46. The molecule has 3 N–H and O–H groups in total. The molecule has 2 aromatic heterocycles. The summed E-state index contributed by atoms with van der Waals surface area (Å²) in [5.41, 5.74) is 1.45. The van der Waals surface area contributed by atoms with Gasteiger partial charge in [-0.25, -0.2) is 19.7 Å². The fourth-order valence-electron chi connectivity index (χ4n) is 4.29. The van der Waals surface area contributed by atoms with Crippen LogP contribution in [0, 0.1) is 0 Å². The Hall–Kier alpha value is -2.97. The molecule has 0 radical (unpaired) electrons. The number of imidazole rings is 1. The van der Waals surface area contributed by atoms with Crippen molar-refractivity contribution in [1.82, 2.24) is 24.8 Å². The lowest BCUT2D eigenvalue weighted by atomic mass is 10.1. The third-order valence-corrected chi connectivity index (χ3v) is 6.48. The van der Waals surface area contributed by atoms with Crippen LogP contribution in [0.2, 0.25) is 0 Å². The number of nitrogens with one attached hydrogen (secondary N) is 2. The first-order valence-electron chi connectivity index (χ1n) is 11.8. The minimum Gasteiger partial charge on any atom is -0.756 e. The zero-order valence-corrected chi connectivity index (χ0v) is 20.7. The van der Waals surface area contributed by atoms with Crippen LogP contribution in [-0.2, 0) is 23.3 Å². The summed E-state index contributed by atoms with van der Waals surface area (Å²) in [5.74, 6) is 0.213. The fraction of sp³-hybridized carbons (Fsp3) is 0.455. The van der Waals surface area contributed by atoms with Gasteiger partial charge in [0.15, 0.2) is 29.5 Å². The summed E-state index contributed by atoms with van der Waals surface area (Å²) in [6, 6.07) is 8.82. The Balaban J connectivity index is 1.41. The summed E-state index contributed by atoms with van der Waals surface area (Å²) in [7, 11) is -4.99. The second-order valence-corrected chi connectivity index (χ2v) is 9.75. The van der Waals surface area contributed by atoms with Crippen molar-refractivity contribution in [1.29, 1.82) is 0 Å². The number of hydrogen-bond donors (Lipinski definition) is 3. The molecule has 3 unspecified atom stereocenters. The van der Waals surface area contributed by atoms with Gasteiger partial charge in [-0.3, -0.25) is 14.4 Å². The molecular formula is C22H26N6O8P-. The lowest BCUT2D eigenvalue weighted by Crippen LogP contribution is -2.32. The number of ether oxygens (including phenoxy) is 3. The molecule has 2 fully saturated rings. The number of amides is 2. The Morgan fingerprint density at radius 1 is 1.19 bits per heavy atom. The van der Waals surface area contributed by atoms with Gasteiger partial charge in [0.2, 0.25) is 0 Å². The van der Waals surface area contributed by atoms with Crippen molar-refractivity contribution in [3.63, 3.8) is 0 Å². The summed E-state index contributed by atoms with van der Waals surface area (Å²) in [5, 5.41) is 5.43. The molecule has 15 heteroatoms. The number of urea groups is 1. The first-order chi connectivity index (χ1) is 17.8. The van der Waals surface area contributed by atoms with Gasteiger partial charge in [0, 0.05) is 12.1 Å². The van der Waals surface area contributed by atoms with Crippen molar-refractivity contribution in [2.45, 2.75) is 50.6 Å². The number of carbonyl (C=O) groups is 1. The first kappa shape index (κ1) is 25.7. The topological polar surface area (TPSA) is 182 Å². The Labute approximate surface area is 211 Å². The van der Waals surface area contributed by atoms with Crippen molar-refractivity contribution in [3.05, 3.63) is 48.5 Å². The molecule has 14 nitrogen and oxygen atoms in total. The van der Waals surface area contributed by atoms with Crippen LogP contribution in [0.3, 0.4) is 0 Å². The number of nitrogens with zero attached hydrogens (tertiary/aromatic N) is 4. The smallest absolute Gasteiger partial charge is 0.320 e. The van der Waals surface area contributed by atoms with Crippen molar-refractivity contribution in [3.8, 4) is 0 Å². The Kier molecular flexibility index (Phi) is 7.49. The molecule has 1 aromatic carbocycles. The predicted molar refractivity (Wildman–Crippen MR) is 126 cm³/mol. The molecule has 37 heavy (non-hydrogen) atoms. The highest BCUT2D eigenvalue weighted by Gasteiger charge is 2.54. The summed E-state index contributed by atoms with van der Waals surface area (Å²) < 4.78 is 35.8. The fourth-order valence-corrected chi connectivity index (χ4v) is 4.62. The lowest BCUT2D eigenvalue weighted by molar-refractivity contribution is -0.224. The maximum Gasteiger partial charge on any atom is 0.320 e. The van der Waals surface area contributed by atoms with E-state index in [1.54, 1.807) is 4.57 Å². The molecular weight excluding hydrogens is 507 g/mol. The van der Waals surface area contributed by atoms with Crippen molar-refractivity contribution < 1.29 is 37.9 Å². The van der Waals surface area contributed by atoms with E-state index in [0.29, 0.717) is 17.7 Å². The van der Waals surface area contributed by atoms with Crippen molar-refractivity contribution in [2.24, 2.45) is 0 Å². The minimum atomic E-state index is -4.99. The Morgan fingerprint density at radius 3 is 2.73 bits per heavy atom. The molecule has 2 amide bonds. The quantitative estimate of drug-likeness (QED) is 0.268. The molecule has 198 valence electrons. The number of anilines is 1. The molecule has 2 aliphatic heterocycles. The monoisotopic (exact) mass is 533 g/mol. The third-order valence-electron chi connectivity index (χ3n) is 6.00. The van der Waals surface area contributed by atoms with Crippen LogP contribution in [0.15, 0.2) is 43.0 Å². The van der Waals surface area contributed by atoms with Crippen LogP contribution < -0.4 is 15.5 Å². The van der Waals surface area contributed by atoms with E-state index >= 15 is 0 Å². The van der Waals surface area contributed by atoms with Gasteiger partial charge in [-0.15, -0.1) is 0 Å². The van der Waals surface area contributed by atoms with Crippen LogP contribution >= 0.6 is 7.82 Å². The van der Waals surface area contributed by atoms with Crippen LogP contribution in [0.5, 0.6) is 0 Å². The summed E-state index contributed by atoms with van der Waals surface area (Å²) in [6.07, 6.45) is 0.681. The zero-order chi connectivity index (χ0) is 26.0. The van der Waals surface area contributed by atoms with E-state index in [-0.39, 0.29) is 5.82 Å². The number of phosphoric acid groups is 1. The van der Waals surface area contributed by atoms with Crippen LogP contribution in [0.25, 0.3) is 11.2 Å². The van der Waals surface area contributed by atoms with Crippen LogP contribution in [0.4, 0.5) is 10.6 Å². The molecule has 2 aliphatic rings. The van der Waals surface area contributed by atoms with Gasteiger partial charge in [-0.05, 0) is 6.42 Å². The summed E-state index contributed by atoms with van der Waals surface area (Å²) in [6.45, 7) is 2.07. The molecule has 5 rings (SSSR count). The minimum absolute atomic E-state index is 0.213. The number of unbranched alkanes of at least 4 members (excludes halogenated alkanes) is 1. The van der Waals surface area contributed by atoms with Crippen molar-refractivity contribution >= 4 is 30.8 Å². The Morgan fingerprint density at radius 2 is 1.97 bits per heavy atom. The second kappa shape index (κ2) is 10.8. The average molecular weight is 533 g/mol. The maximum absolute atomic E-state index is 12.2. The highest BCUT2D eigenvalue weighted by atomic mass is 31.2. The zero-order valence-electron chi connectivity index (χ0n) is 19.8. The highest BCUT2D eigenvalue weighted by molar-refractivity contribution is 7.44. The van der Waals surface area contributed by atoms with Gasteiger partial charge in [0.05, 0.1) is 12.9 Å². The molecule has 0 spiro atoms. The largest absolute Gasteiger partial charge is 0.756 e. The molecule has 6 atom stereocenters. The summed E-state index contributed by atoms with van der Waals surface area (Å²) >= 11 is 0. The number of benzene rings is 1. The summed E-state index contributed by atoms with van der Waals surface area (Å²) in [4.78, 5) is 45.4. The standard InChI is InChI=1S/C22H27N6O8P/c1-2-3-9-23-22(29)27-18-15-19(25-11-24-18)28(12-26-15)20-17-16(14(34-20)10-33-37(30,31)32)35-21(36-17)13-7-5-4-6-8-13/h4-8,11-12,14,16-17,20-21H,2-3,9-10H2,1H3,(H2,30,31,32)(H2,23,24,25,27,29)/p-1/t14-,16?,17+,20-,21?/m1/s1. The Bertz CT molecular complexity index is 1290. The van der Waals surface area contributed by atoms with Crippen LogP contribution in [-0.4, -0.2) is 61.9 Å². The molecule has 0 aliphatic carbocycles. The maximum atomic E-state index is 12.2. The number of aromatic nitrogens is 4. The van der Waals surface area contributed by atoms with E-state index in [4.69, 9.17) is 19.1 Å². The predicted octanol–water partition coefficient (Wildman–Crippen LogP) is 1.61. The van der Waals surface area contributed by atoms with Gasteiger partial charge >= 0.3 is 6.03 Å². The van der Waals surface area contributed by atoms with Gasteiger partial charge in [-0.2, -0.15) is 0 Å². The first-order valence-corrected chi connectivity index (χ1v) is 13.3. The number of hydrogen-bond acceptors (Lipinski definition) is 10. The van der Waals surface area contributed by atoms with E-state index in [2.05, 4.69) is 30.1 Å². The second-order valence-electron chi connectivity index (χ2n) is 8.55. The molecule has 3 aromatic rings. The molecule has 0 bridgehead atoms. The molecule has 2 saturated heterocycles. The lowest BCUT2D eigenvalue weighted by Gasteiger charge is -2.23. The molecule has 0 saturated carbocycles. The number of carbonyl (C=O) groups excluding carboxylic acids is 1. The van der Waals surface area contributed by atoms with Gasteiger partial charge < -0.3 is 33.8 Å². The van der Waals surface area contributed by atoms with E-state index in [9.17, 15) is 14.3 Å². The normalized spacial score (nSPS) is 26.6. The average Bonchev–Trinajstić information content (AvgIpc) is 3.57. The van der Waals surface area contributed by atoms with Gasteiger partial charge in [-0.1, -0.05) is 43.7 Å². The SMILES string of the molecule is CCCCNC(=O)Nc1ncnc2c1ncn2[C@@H]1O[C@H](COP(=O)([O-])O)C2OC(c3ccccc3)O[C@@H]21.